The fourth-order valence-electron chi connectivity index (χ4n) is 3.34. The molecule has 1 aromatic carbocycles. The number of amides is 2. The summed E-state index contributed by atoms with van der Waals surface area (Å²) in [5.74, 6) is 0.0682. The van der Waals surface area contributed by atoms with Crippen molar-refractivity contribution in [3.05, 3.63) is 52.5 Å². The van der Waals surface area contributed by atoms with E-state index in [0.717, 1.165) is 20.8 Å². The lowest BCUT2D eigenvalue weighted by atomic mass is 10.2. The van der Waals surface area contributed by atoms with Crippen molar-refractivity contribution in [2.75, 3.05) is 26.2 Å². The first kappa shape index (κ1) is 16.8. The lowest BCUT2D eigenvalue weighted by Crippen LogP contribution is -2.50. The van der Waals surface area contributed by atoms with Crippen LogP contribution in [0.2, 0.25) is 0 Å². The summed E-state index contributed by atoms with van der Waals surface area (Å²) in [6.07, 6.45) is 0. The third-order valence-electron chi connectivity index (χ3n) is 4.78. The van der Waals surface area contributed by atoms with Gasteiger partial charge in [0, 0.05) is 44.2 Å². The molecule has 0 bridgehead atoms. The number of fused-ring (bicyclic) bond motifs is 1. The van der Waals surface area contributed by atoms with Gasteiger partial charge in [-0.1, -0.05) is 18.2 Å². The molecule has 2 aromatic heterocycles. The van der Waals surface area contributed by atoms with E-state index in [1.807, 2.05) is 64.9 Å². The summed E-state index contributed by atoms with van der Waals surface area (Å²) in [5.41, 5.74) is 1.64. The summed E-state index contributed by atoms with van der Waals surface area (Å²) in [6, 6.07) is 11.2. The van der Waals surface area contributed by atoms with E-state index < -0.39 is 0 Å². The Bertz CT molecular complexity index is 934. The second kappa shape index (κ2) is 6.57. The van der Waals surface area contributed by atoms with Gasteiger partial charge in [0.1, 0.15) is 4.83 Å². The molecule has 0 N–H and O–H groups in total. The molecule has 0 radical (unpaired) electrons. The van der Waals surface area contributed by atoms with Crippen LogP contribution in [-0.2, 0) is 7.05 Å². The monoisotopic (exact) mass is 368 g/mol. The number of hydrogen-bond acceptors (Lipinski definition) is 4. The Kier molecular flexibility index (Phi) is 4.24. The lowest BCUT2D eigenvalue weighted by Gasteiger charge is -2.34. The quantitative estimate of drug-likeness (QED) is 0.698. The Hall–Kier alpha value is -2.67. The van der Waals surface area contributed by atoms with Crippen LogP contribution < -0.4 is 0 Å². The fraction of sp³-hybridized carbons (Fsp3) is 0.316. The fourth-order valence-corrected chi connectivity index (χ4v) is 4.43. The summed E-state index contributed by atoms with van der Waals surface area (Å²) in [7, 11) is 1.90. The van der Waals surface area contributed by atoms with Gasteiger partial charge in [0.15, 0.2) is 0 Å². The predicted molar refractivity (Wildman–Crippen MR) is 102 cm³/mol. The number of hydrogen-bond donors (Lipinski definition) is 0. The smallest absolute Gasteiger partial charge is 0.264 e. The maximum absolute atomic E-state index is 12.8. The van der Waals surface area contributed by atoms with Gasteiger partial charge in [-0.3, -0.25) is 14.3 Å². The van der Waals surface area contributed by atoms with Gasteiger partial charge >= 0.3 is 0 Å². The summed E-state index contributed by atoms with van der Waals surface area (Å²) in [4.78, 5) is 30.8. The number of piperazine rings is 1. The van der Waals surface area contributed by atoms with Gasteiger partial charge in [-0.15, -0.1) is 11.3 Å². The second-order valence-electron chi connectivity index (χ2n) is 6.49. The van der Waals surface area contributed by atoms with Gasteiger partial charge in [-0.05, 0) is 25.1 Å². The maximum Gasteiger partial charge on any atom is 0.264 e. The molecular weight excluding hydrogens is 348 g/mol. The molecule has 7 heteroatoms. The summed E-state index contributed by atoms with van der Waals surface area (Å²) < 4.78 is 1.82. The minimum Gasteiger partial charge on any atom is -0.335 e. The zero-order valence-electron chi connectivity index (χ0n) is 14.8. The van der Waals surface area contributed by atoms with Crippen molar-refractivity contribution >= 4 is 33.4 Å². The van der Waals surface area contributed by atoms with Gasteiger partial charge in [-0.25, -0.2) is 0 Å². The van der Waals surface area contributed by atoms with E-state index in [1.54, 1.807) is 0 Å². The van der Waals surface area contributed by atoms with Crippen LogP contribution in [0.15, 0.2) is 36.4 Å². The van der Waals surface area contributed by atoms with Gasteiger partial charge in [0.05, 0.1) is 10.6 Å². The number of nitrogens with zero attached hydrogens (tertiary/aromatic N) is 4. The van der Waals surface area contributed by atoms with Crippen LogP contribution in [0.25, 0.3) is 10.2 Å². The molecule has 0 aliphatic carbocycles. The molecule has 6 nitrogen and oxygen atoms in total. The van der Waals surface area contributed by atoms with Gasteiger partial charge in [-0.2, -0.15) is 5.10 Å². The van der Waals surface area contributed by atoms with Gasteiger partial charge < -0.3 is 9.80 Å². The molecule has 1 fully saturated rings. The number of carbonyl (C=O) groups is 2. The van der Waals surface area contributed by atoms with E-state index in [1.165, 1.54) is 11.3 Å². The van der Waals surface area contributed by atoms with Crippen LogP contribution in [0.4, 0.5) is 0 Å². The number of rotatable bonds is 2. The van der Waals surface area contributed by atoms with Crippen molar-refractivity contribution < 1.29 is 9.59 Å². The van der Waals surface area contributed by atoms with Crippen LogP contribution in [0.5, 0.6) is 0 Å². The van der Waals surface area contributed by atoms with E-state index in [0.29, 0.717) is 31.7 Å². The first-order valence-electron chi connectivity index (χ1n) is 8.61. The minimum atomic E-state index is 0.0289. The molecule has 26 heavy (non-hydrogen) atoms. The zero-order chi connectivity index (χ0) is 18.3. The summed E-state index contributed by atoms with van der Waals surface area (Å²) >= 11 is 1.48. The van der Waals surface area contributed by atoms with Crippen molar-refractivity contribution in [2.45, 2.75) is 6.92 Å². The highest BCUT2D eigenvalue weighted by Gasteiger charge is 2.27. The zero-order valence-corrected chi connectivity index (χ0v) is 15.6. The SMILES string of the molecule is Cc1nn(C)c2sc(C(=O)N3CCN(C(=O)c4ccccc4)CC3)cc12. The Morgan fingerprint density at radius 3 is 2.23 bits per heavy atom. The van der Waals surface area contributed by atoms with Gasteiger partial charge in [0.2, 0.25) is 0 Å². The Morgan fingerprint density at radius 2 is 1.62 bits per heavy atom. The average molecular weight is 368 g/mol. The first-order chi connectivity index (χ1) is 12.5. The second-order valence-corrected chi connectivity index (χ2v) is 7.52. The highest BCUT2D eigenvalue weighted by Crippen LogP contribution is 2.28. The molecule has 1 aliphatic rings. The molecule has 0 atom stereocenters. The largest absolute Gasteiger partial charge is 0.335 e. The molecule has 1 saturated heterocycles. The predicted octanol–water partition coefficient (Wildman–Crippen LogP) is 2.54. The molecule has 0 saturated carbocycles. The number of carbonyl (C=O) groups excluding carboxylic acids is 2. The highest BCUT2D eigenvalue weighted by atomic mass is 32.1. The summed E-state index contributed by atoms with van der Waals surface area (Å²) in [6.45, 7) is 4.19. The molecule has 3 heterocycles. The van der Waals surface area contributed by atoms with Crippen LogP contribution >= 0.6 is 11.3 Å². The summed E-state index contributed by atoms with van der Waals surface area (Å²) in [5, 5.41) is 5.42. The highest BCUT2D eigenvalue weighted by molar-refractivity contribution is 7.20. The first-order valence-corrected chi connectivity index (χ1v) is 9.43. The normalized spacial score (nSPS) is 14.8. The van der Waals surface area contributed by atoms with Crippen molar-refractivity contribution in [1.29, 1.82) is 0 Å². The molecule has 134 valence electrons. The van der Waals surface area contributed by atoms with Crippen molar-refractivity contribution in [3.63, 3.8) is 0 Å². The number of thiophene rings is 1. The molecule has 0 unspecified atom stereocenters. The van der Waals surface area contributed by atoms with Crippen molar-refractivity contribution in [2.24, 2.45) is 7.05 Å². The van der Waals surface area contributed by atoms with E-state index in [2.05, 4.69) is 5.10 Å². The molecule has 1 aliphatic heterocycles. The number of benzene rings is 1. The molecular formula is C19H20N4O2S. The van der Waals surface area contributed by atoms with Crippen molar-refractivity contribution in [3.8, 4) is 0 Å². The van der Waals surface area contributed by atoms with Crippen LogP contribution in [0.1, 0.15) is 25.7 Å². The number of aryl methyl sites for hydroxylation is 2. The van der Waals surface area contributed by atoms with E-state index >= 15 is 0 Å². The van der Waals surface area contributed by atoms with E-state index in [-0.39, 0.29) is 11.8 Å². The van der Waals surface area contributed by atoms with Gasteiger partial charge in [0.25, 0.3) is 11.8 Å². The van der Waals surface area contributed by atoms with E-state index in [9.17, 15) is 9.59 Å². The molecule has 4 rings (SSSR count). The third-order valence-corrected chi connectivity index (χ3v) is 5.97. The Balaban J connectivity index is 1.44. The standard InChI is InChI=1S/C19H20N4O2S/c1-13-15-12-16(26-19(15)21(2)20-13)18(25)23-10-8-22(9-11-23)17(24)14-6-4-3-5-7-14/h3-7,12H,8-11H2,1-2H3. The third kappa shape index (κ3) is 2.88. The van der Waals surface area contributed by atoms with Crippen LogP contribution in [0, 0.1) is 6.92 Å². The number of aromatic nitrogens is 2. The van der Waals surface area contributed by atoms with E-state index in [4.69, 9.17) is 0 Å². The lowest BCUT2D eigenvalue weighted by molar-refractivity contribution is 0.0538. The molecule has 0 spiro atoms. The topological polar surface area (TPSA) is 58.4 Å². The Labute approximate surface area is 155 Å². The maximum atomic E-state index is 12.8. The van der Waals surface area contributed by atoms with Crippen molar-refractivity contribution in [1.82, 2.24) is 19.6 Å². The minimum absolute atomic E-state index is 0.0289. The van der Waals surface area contributed by atoms with Crippen LogP contribution in [-0.4, -0.2) is 57.6 Å². The Morgan fingerprint density at radius 1 is 1.00 bits per heavy atom. The average Bonchev–Trinajstić information content (AvgIpc) is 3.23. The molecule has 3 aromatic rings. The molecule has 2 amide bonds. The van der Waals surface area contributed by atoms with Crippen LogP contribution in [0.3, 0.4) is 0 Å².